The van der Waals surface area contributed by atoms with Crippen LogP contribution in [0.4, 0.5) is 11.4 Å². The number of rotatable bonds is 3. The SMILES string of the molecule is O=C(Nc1cccc([N+](=O)[O-])c1)[C@@H]1[C@H]2C[C@H]3[C@H](OC(=O)[C@H]31)[C@H]2Br. The lowest BCUT2D eigenvalue weighted by Crippen LogP contribution is -2.40. The number of hydrogen-bond donors (Lipinski definition) is 1. The third kappa shape index (κ3) is 2.08. The van der Waals surface area contributed by atoms with E-state index in [1.165, 1.54) is 18.2 Å². The molecule has 2 aliphatic carbocycles. The van der Waals surface area contributed by atoms with Gasteiger partial charge in [0.15, 0.2) is 0 Å². The lowest BCUT2D eigenvalue weighted by Gasteiger charge is -2.27. The van der Waals surface area contributed by atoms with Crippen molar-refractivity contribution < 1.29 is 19.2 Å². The fraction of sp³-hybridized carbons (Fsp3) is 0.467. The van der Waals surface area contributed by atoms with Crippen LogP contribution in [0, 0.1) is 33.8 Å². The van der Waals surface area contributed by atoms with Gasteiger partial charge in [-0.1, -0.05) is 22.0 Å². The monoisotopic (exact) mass is 380 g/mol. The molecule has 1 amide bonds. The minimum atomic E-state index is -0.513. The van der Waals surface area contributed by atoms with Gasteiger partial charge in [-0.2, -0.15) is 0 Å². The number of nitrogens with zero attached hydrogens (tertiary/aromatic N) is 1. The quantitative estimate of drug-likeness (QED) is 0.374. The van der Waals surface area contributed by atoms with Gasteiger partial charge in [0.1, 0.15) is 6.10 Å². The molecule has 0 unspecified atom stereocenters. The van der Waals surface area contributed by atoms with E-state index in [0.29, 0.717) is 5.69 Å². The maximum Gasteiger partial charge on any atom is 0.310 e. The van der Waals surface area contributed by atoms with Crippen LogP contribution < -0.4 is 5.32 Å². The summed E-state index contributed by atoms with van der Waals surface area (Å²) < 4.78 is 5.38. The van der Waals surface area contributed by atoms with Crippen LogP contribution in [0.3, 0.4) is 0 Å². The first-order valence-corrected chi connectivity index (χ1v) is 8.29. The summed E-state index contributed by atoms with van der Waals surface area (Å²) in [5.41, 5.74) is 0.274. The summed E-state index contributed by atoms with van der Waals surface area (Å²) >= 11 is 3.55. The molecule has 3 fully saturated rings. The first-order valence-electron chi connectivity index (χ1n) is 7.37. The number of ether oxygens (including phenoxy) is 1. The zero-order valence-corrected chi connectivity index (χ0v) is 13.4. The molecule has 23 heavy (non-hydrogen) atoms. The van der Waals surface area contributed by atoms with Gasteiger partial charge in [-0.3, -0.25) is 19.7 Å². The summed E-state index contributed by atoms with van der Waals surface area (Å²) in [7, 11) is 0. The van der Waals surface area contributed by atoms with Gasteiger partial charge in [0.05, 0.1) is 21.6 Å². The van der Waals surface area contributed by atoms with Gasteiger partial charge in [0.2, 0.25) is 5.91 Å². The molecule has 8 heteroatoms. The van der Waals surface area contributed by atoms with Crippen molar-refractivity contribution >= 4 is 39.2 Å². The molecule has 1 saturated heterocycles. The normalized spacial score (nSPS) is 36.8. The molecule has 2 saturated carbocycles. The third-order valence-corrected chi connectivity index (χ3v) is 6.35. The molecule has 0 aromatic heterocycles. The van der Waals surface area contributed by atoms with Crippen molar-refractivity contribution in [3.05, 3.63) is 34.4 Å². The van der Waals surface area contributed by atoms with E-state index in [2.05, 4.69) is 21.2 Å². The molecule has 3 aliphatic rings. The molecule has 1 aromatic rings. The molecule has 1 aliphatic heterocycles. The number of fused-ring (bicyclic) bond motifs is 1. The van der Waals surface area contributed by atoms with E-state index < -0.39 is 16.8 Å². The highest BCUT2D eigenvalue weighted by atomic mass is 79.9. The van der Waals surface area contributed by atoms with Crippen LogP contribution in [0.25, 0.3) is 0 Å². The number of carbonyl (C=O) groups excluding carboxylic acids is 2. The van der Waals surface area contributed by atoms with Crippen molar-refractivity contribution in [2.24, 2.45) is 23.7 Å². The number of benzene rings is 1. The summed E-state index contributed by atoms with van der Waals surface area (Å²) in [5.74, 6) is -1.27. The standard InChI is InChI=1S/C15H13BrN2O5/c16-12-8-5-9-11(15(20)23-13(9)12)10(8)14(19)17-6-2-1-3-7(4-6)18(21)22/h1-4,8-13H,5H2,(H,17,19)/t8-,9-,10-,11-,12+,13+/m1/s1. The van der Waals surface area contributed by atoms with E-state index >= 15 is 0 Å². The van der Waals surface area contributed by atoms with E-state index in [0.717, 1.165) is 6.42 Å². The van der Waals surface area contributed by atoms with E-state index in [-0.39, 0.29) is 40.3 Å². The van der Waals surface area contributed by atoms with Gasteiger partial charge in [-0.15, -0.1) is 0 Å². The summed E-state index contributed by atoms with van der Waals surface area (Å²) in [4.78, 5) is 35.0. The Morgan fingerprint density at radius 1 is 1.39 bits per heavy atom. The Hall–Kier alpha value is -1.96. The van der Waals surface area contributed by atoms with Crippen molar-refractivity contribution in [1.82, 2.24) is 0 Å². The highest BCUT2D eigenvalue weighted by Gasteiger charge is 2.67. The maximum atomic E-state index is 12.7. The van der Waals surface area contributed by atoms with Crippen molar-refractivity contribution in [2.75, 3.05) is 5.32 Å². The van der Waals surface area contributed by atoms with Crippen LogP contribution >= 0.6 is 15.9 Å². The average molecular weight is 381 g/mol. The Morgan fingerprint density at radius 2 is 2.17 bits per heavy atom. The maximum absolute atomic E-state index is 12.7. The van der Waals surface area contributed by atoms with Gasteiger partial charge in [-0.25, -0.2) is 0 Å². The second-order valence-corrected chi connectivity index (χ2v) is 7.31. The van der Waals surface area contributed by atoms with Gasteiger partial charge < -0.3 is 10.1 Å². The minimum absolute atomic E-state index is 0.00365. The number of nitro groups is 1. The number of amides is 1. The predicted octanol–water partition coefficient (Wildman–Crippen LogP) is 2.10. The van der Waals surface area contributed by atoms with Crippen molar-refractivity contribution in [1.29, 1.82) is 0 Å². The number of nitrogens with one attached hydrogen (secondary N) is 1. The van der Waals surface area contributed by atoms with Crippen LogP contribution in [-0.2, 0) is 14.3 Å². The van der Waals surface area contributed by atoms with Crippen molar-refractivity contribution in [3.8, 4) is 0 Å². The van der Waals surface area contributed by atoms with Crippen LogP contribution in [0.1, 0.15) is 6.42 Å². The Labute approximate surface area is 139 Å². The molecule has 120 valence electrons. The highest BCUT2D eigenvalue weighted by Crippen LogP contribution is 2.60. The third-order valence-electron chi connectivity index (χ3n) is 5.15. The molecule has 1 heterocycles. The molecule has 0 radical (unpaired) electrons. The number of carbonyl (C=O) groups is 2. The van der Waals surface area contributed by atoms with E-state index in [9.17, 15) is 19.7 Å². The second-order valence-electron chi connectivity index (χ2n) is 6.26. The van der Waals surface area contributed by atoms with Crippen LogP contribution in [0.2, 0.25) is 0 Å². The first kappa shape index (κ1) is 14.6. The zero-order valence-electron chi connectivity index (χ0n) is 11.8. The van der Waals surface area contributed by atoms with Gasteiger partial charge in [0.25, 0.3) is 5.69 Å². The predicted molar refractivity (Wildman–Crippen MR) is 82.9 cm³/mol. The Morgan fingerprint density at radius 3 is 2.91 bits per heavy atom. The number of halogens is 1. The van der Waals surface area contributed by atoms with Gasteiger partial charge >= 0.3 is 5.97 Å². The number of non-ortho nitro benzene ring substituents is 1. The zero-order chi connectivity index (χ0) is 16.3. The summed E-state index contributed by atoms with van der Waals surface area (Å²) in [6.07, 6.45) is 0.670. The fourth-order valence-corrected chi connectivity index (χ4v) is 5.30. The van der Waals surface area contributed by atoms with Crippen molar-refractivity contribution in [3.63, 3.8) is 0 Å². The lowest BCUT2D eigenvalue weighted by atomic mass is 9.79. The summed E-state index contributed by atoms with van der Waals surface area (Å²) in [5, 5.41) is 13.5. The van der Waals surface area contributed by atoms with E-state index in [1.54, 1.807) is 6.07 Å². The topological polar surface area (TPSA) is 98.5 Å². The molecule has 4 rings (SSSR count). The molecule has 7 nitrogen and oxygen atoms in total. The van der Waals surface area contributed by atoms with Crippen LogP contribution in [-0.4, -0.2) is 27.7 Å². The number of hydrogen-bond acceptors (Lipinski definition) is 5. The van der Waals surface area contributed by atoms with E-state index in [1.807, 2.05) is 0 Å². The molecule has 1 aromatic carbocycles. The molecule has 6 atom stereocenters. The minimum Gasteiger partial charge on any atom is -0.461 e. The first-order chi connectivity index (χ1) is 11.0. The second kappa shape index (κ2) is 5.02. The smallest absolute Gasteiger partial charge is 0.310 e. The van der Waals surface area contributed by atoms with Gasteiger partial charge in [-0.05, 0) is 18.4 Å². The van der Waals surface area contributed by atoms with Crippen LogP contribution in [0.5, 0.6) is 0 Å². The fourth-order valence-electron chi connectivity index (χ4n) is 4.25. The van der Waals surface area contributed by atoms with Crippen LogP contribution in [0.15, 0.2) is 24.3 Å². The number of nitro benzene ring substituents is 1. The number of anilines is 1. The lowest BCUT2D eigenvalue weighted by molar-refractivity contribution is -0.384. The molecular weight excluding hydrogens is 368 g/mol. The van der Waals surface area contributed by atoms with Crippen molar-refractivity contribution in [2.45, 2.75) is 17.4 Å². The Kier molecular flexibility index (Phi) is 3.19. The van der Waals surface area contributed by atoms with Gasteiger partial charge in [0, 0.05) is 23.7 Å². The average Bonchev–Trinajstić information content (AvgIpc) is 3.11. The number of esters is 1. The molecule has 0 spiro atoms. The molecule has 1 N–H and O–H groups in total. The highest BCUT2D eigenvalue weighted by molar-refractivity contribution is 9.09. The molecule has 2 bridgehead atoms. The molecular formula is C15H13BrN2O5. The summed E-state index contributed by atoms with van der Waals surface area (Å²) in [6, 6.07) is 5.79. The Balaban J connectivity index is 1.57. The largest absolute Gasteiger partial charge is 0.461 e. The summed E-state index contributed by atoms with van der Waals surface area (Å²) in [6.45, 7) is 0. The number of alkyl halides is 1. The van der Waals surface area contributed by atoms with E-state index in [4.69, 9.17) is 4.74 Å². The Bertz CT molecular complexity index is 724.